The van der Waals surface area contributed by atoms with Crippen LogP contribution in [-0.4, -0.2) is 25.6 Å². The van der Waals surface area contributed by atoms with Crippen LogP contribution in [0.1, 0.15) is 5.82 Å². The lowest BCUT2D eigenvalue weighted by molar-refractivity contribution is 0.585. The van der Waals surface area contributed by atoms with Crippen LogP contribution >= 0.6 is 0 Å². The average Bonchev–Trinajstić information content (AvgIpc) is 2.67. The van der Waals surface area contributed by atoms with Crippen molar-refractivity contribution < 1.29 is 4.39 Å². The fourth-order valence-corrected chi connectivity index (χ4v) is 0.934. The summed E-state index contributed by atoms with van der Waals surface area (Å²) in [4.78, 5) is 3.61. The van der Waals surface area contributed by atoms with Crippen molar-refractivity contribution in [3.63, 3.8) is 0 Å². The summed E-state index contributed by atoms with van der Waals surface area (Å²) in [5, 5.41) is 16.0. The van der Waals surface area contributed by atoms with Crippen LogP contribution in [0.3, 0.4) is 0 Å². The number of hydrogen-bond acceptors (Lipinski definition) is 5. The molecule has 0 spiro atoms. The molecular formula is C7H7FN6. The van der Waals surface area contributed by atoms with E-state index in [1.54, 1.807) is 12.1 Å². The molecule has 0 aromatic carbocycles. The number of hydrogen-bond donors (Lipinski definition) is 2. The molecule has 0 aliphatic carbocycles. The molecule has 2 aromatic rings. The van der Waals surface area contributed by atoms with Crippen LogP contribution in [-0.2, 0) is 6.54 Å². The molecule has 6 nitrogen and oxygen atoms in total. The molecule has 0 unspecified atom stereocenters. The zero-order valence-electron chi connectivity index (χ0n) is 7.11. The van der Waals surface area contributed by atoms with E-state index in [4.69, 9.17) is 0 Å². The summed E-state index contributed by atoms with van der Waals surface area (Å²) in [6.45, 7) is 0.354. The molecule has 0 bridgehead atoms. The molecular weight excluding hydrogens is 187 g/mol. The predicted molar refractivity (Wildman–Crippen MR) is 45.7 cm³/mol. The van der Waals surface area contributed by atoms with Gasteiger partial charge in [-0.05, 0) is 12.1 Å². The molecule has 0 aliphatic heterocycles. The molecule has 2 rings (SSSR count). The van der Waals surface area contributed by atoms with Gasteiger partial charge in [0.05, 0.1) is 6.54 Å². The number of H-pyrrole nitrogens is 1. The number of anilines is 1. The Hall–Kier alpha value is -2.05. The van der Waals surface area contributed by atoms with Gasteiger partial charge in [-0.3, -0.25) is 0 Å². The van der Waals surface area contributed by atoms with Gasteiger partial charge in [0.15, 0.2) is 5.82 Å². The number of rotatable bonds is 3. The lowest BCUT2D eigenvalue weighted by Crippen LogP contribution is -2.03. The molecule has 0 aliphatic rings. The zero-order chi connectivity index (χ0) is 9.80. The number of aromatic amines is 1. The number of pyridine rings is 1. The maximum absolute atomic E-state index is 12.6. The minimum absolute atomic E-state index is 0.354. The van der Waals surface area contributed by atoms with Crippen molar-refractivity contribution in [1.29, 1.82) is 0 Å². The maximum atomic E-state index is 12.6. The summed E-state index contributed by atoms with van der Waals surface area (Å²) in [6.07, 6.45) is 0. The summed E-state index contributed by atoms with van der Waals surface area (Å²) < 4.78 is 12.6. The molecule has 72 valence electrons. The van der Waals surface area contributed by atoms with Gasteiger partial charge in [-0.25, -0.2) is 4.98 Å². The minimum atomic E-state index is -0.525. The fraction of sp³-hybridized carbons (Fsp3) is 0.143. The Morgan fingerprint density at radius 1 is 1.43 bits per heavy atom. The van der Waals surface area contributed by atoms with Crippen LogP contribution in [0.5, 0.6) is 0 Å². The van der Waals surface area contributed by atoms with Gasteiger partial charge in [0, 0.05) is 0 Å². The Kier molecular flexibility index (Phi) is 2.30. The fourth-order valence-electron chi connectivity index (χ4n) is 0.934. The molecule has 2 aromatic heterocycles. The van der Waals surface area contributed by atoms with Crippen molar-refractivity contribution in [2.75, 3.05) is 5.32 Å². The topological polar surface area (TPSA) is 79.4 Å². The lowest BCUT2D eigenvalue weighted by atomic mass is 10.4. The third kappa shape index (κ3) is 2.00. The van der Waals surface area contributed by atoms with Gasteiger partial charge in [-0.2, -0.15) is 9.60 Å². The van der Waals surface area contributed by atoms with Crippen molar-refractivity contribution in [3.8, 4) is 0 Å². The van der Waals surface area contributed by atoms with Crippen LogP contribution in [0.2, 0.25) is 0 Å². The molecule has 0 saturated heterocycles. The van der Waals surface area contributed by atoms with Crippen molar-refractivity contribution >= 4 is 5.82 Å². The molecule has 0 fully saturated rings. The van der Waals surface area contributed by atoms with E-state index in [0.717, 1.165) is 0 Å². The lowest BCUT2D eigenvalue weighted by Gasteiger charge is -2.00. The molecule has 0 amide bonds. The number of aromatic nitrogens is 5. The van der Waals surface area contributed by atoms with E-state index >= 15 is 0 Å². The third-order valence-electron chi connectivity index (χ3n) is 1.53. The molecule has 7 heteroatoms. The highest BCUT2D eigenvalue weighted by Gasteiger charge is 1.99. The number of nitrogens with zero attached hydrogens (tertiary/aromatic N) is 4. The highest BCUT2D eigenvalue weighted by Crippen LogP contribution is 2.03. The second-order valence-corrected chi connectivity index (χ2v) is 2.53. The van der Waals surface area contributed by atoms with Crippen LogP contribution < -0.4 is 5.32 Å². The van der Waals surface area contributed by atoms with E-state index in [1.807, 2.05) is 0 Å². The van der Waals surface area contributed by atoms with E-state index in [1.165, 1.54) is 6.07 Å². The van der Waals surface area contributed by atoms with Gasteiger partial charge >= 0.3 is 0 Å². The van der Waals surface area contributed by atoms with E-state index in [2.05, 4.69) is 30.9 Å². The Morgan fingerprint density at radius 2 is 2.36 bits per heavy atom. The third-order valence-corrected chi connectivity index (χ3v) is 1.53. The van der Waals surface area contributed by atoms with Gasteiger partial charge in [0.1, 0.15) is 5.82 Å². The van der Waals surface area contributed by atoms with Crippen LogP contribution in [0.15, 0.2) is 18.2 Å². The molecule has 2 heterocycles. The minimum Gasteiger partial charge on any atom is -0.363 e. The Labute approximate surface area is 78.6 Å². The number of tetrazole rings is 1. The predicted octanol–water partition coefficient (Wildman–Crippen LogP) is 0.346. The normalized spacial score (nSPS) is 10.1. The van der Waals surface area contributed by atoms with Crippen molar-refractivity contribution in [2.24, 2.45) is 0 Å². The summed E-state index contributed by atoms with van der Waals surface area (Å²) in [7, 11) is 0. The standard InChI is InChI=1S/C7H7FN6/c8-5-2-1-3-6(10-5)9-4-7-11-13-14-12-7/h1-3H,4H2,(H,9,10)(H,11,12,13,14). The first-order chi connectivity index (χ1) is 6.84. The molecule has 14 heavy (non-hydrogen) atoms. The molecule has 0 saturated carbocycles. The number of halogens is 1. The Morgan fingerprint density at radius 3 is 3.07 bits per heavy atom. The highest BCUT2D eigenvalue weighted by atomic mass is 19.1. The van der Waals surface area contributed by atoms with Crippen LogP contribution in [0, 0.1) is 5.95 Å². The largest absolute Gasteiger partial charge is 0.363 e. The van der Waals surface area contributed by atoms with Gasteiger partial charge in [0.2, 0.25) is 5.95 Å². The first-order valence-electron chi connectivity index (χ1n) is 3.93. The van der Waals surface area contributed by atoms with Gasteiger partial charge in [-0.15, -0.1) is 10.2 Å². The van der Waals surface area contributed by atoms with Crippen molar-refractivity contribution in [3.05, 3.63) is 30.0 Å². The summed E-state index contributed by atoms with van der Waals surface area (Å²) in [5.41, 5.74) is 0. The van der Waals surface area contributed by atoms with Gasteiger partial charge in [0.25, 0.3) is 0 Å². The molecule has 2 N–H and O–H groups in total. The quantitative estimate of drug-likeness (QED) is 0.689. The molecule has 0 radical (unpaired) electrons. The SMILES string of the molecule is Fc1cccc(NCc2nn[nH]n2)n1. The van der Waals surface area contributed by atoms with Gasteiger partial charge in [-0.1, -0.05) is 11.3 Å². The van der Waals surface area contributed by atoms with E-state index in [9.17, 15) is 4.39 Å². The number of nitrogens with one attached hydrogen (secondary N) is 2. The molecule has 0 atom stereocenters. The Bertz CT molecular complexity index is 400. The zero-order valence-corrected chi connectivity index (χ0v) is 7.11. The first-order valence-corrected chi connectivity index (χ1v) is 3.93. The second-order valence-electron chi connectivity index (χ2n) is 2.53. The smallest absolute Gasteiger partial charge is 0.214 e. The second kappa shape index (κ2) is 3.77. The van der Waals surface area contributed by atoms with Crippen molar-refractivity contribution in [1.82, 2.24) is 25.6 Å². The van der Waals surface area contributed by atoms with Crippen LogP contribution in [0.25, 0.3) is 0 Å². The van der Waals surface area contributed by atoms with Gasteiger partial charge < -0.3 is 5.32 Å². The maximum Gasteiger partial charge on any atom is 0.214 e. The summed E-state index contributed by atoms with van der Waals surface area (Å²) in [6, 6.07) is 4.50. The average molecular weight is 194 g/mol. The highest BCUT2D eigenvalue weighted by molar-refractivity contribution is 5.33. The van der Waals surface area contributed by atoms with Crippen LogP contribution in [0.4, 0.5) is 10.2 Å². The summed E-state index contributed by atoms with van der Waals surface area (Å²) >= 11 is 0. The first kappa shape index (κ1) is 8.54. The van der Waals surface area contributed by atoms with E-state index in [0.29, 0.717) is 18.2 Å². The van der Waals surface area contributed by atoms with E-state index in [-0.39, 0.29) is 0 Å². The van der Waals surface area contributed by atoms with Crippen molar-refractivity contribution in [2.45, 2.75) is 6.54 Å². The monoisotopic (exact) mass is 194 g/mol. The Balaban J connectivity index is 1.98. The summed E-state index contributed by atoms with van der Waals surface area (Å²) in [5.74, 6) is 0.411. The van der Waals surface area contributed by atoms with E-state index < -0.39 is 5.95 Å².